The zero-order valence-electron chi connectivity index (χ0n) is 10.8. The maximum Gasteiger partial charge on any atom is 0.228 e. The Labute approximate surface area is 112 Å². The van der Waals surface area contributed by atoms with Crippen molar-refractivity contribution in [3.63, 3.8) is 0 Å². The van der Waals surface area contributed by atoms with Gasteiger partial charge in [0.25, 0.3) is 0 Å². The summed E-state index contributed by atoms with van der Waals surface area (Å²) < 4.78 is 1.94. The molecule has 1 amide bonds. The number of hydrogen-bond acceptors (Lipinski definition) is 3. The number of carbonyl (C=O) groups excluding carboxylic acids is 1. The van der Waals surface area contributed by atoms with Crippen LogP contribution in [0.2, 0.25) is 0 Å². The molecule has 2 aromatic heterocycles. The number of fused-ring (bicyclic) bond motifs is 1. The molecule has 1 aliphatic rings. The zero-order valence-corrected chi connectivity index (χ0v) is 10.8. The molecule has 19 heavy (non-hydrogen) atoms. The number of likely N-dealkylation sites (tertiary alicyclic amines) is 1. The summed E-state index contributed by atoms with van der Waals surface area (Å²) in [7, 11) is 0. The molecule has 5 heteroatoms. The number of amides is 1. The zero-order chi connectivity index (χ0) is 13.2. The highest BCUT2D eigenvalue weighted by Crippen LogP contribution is 2.11. The van der Waals surface area contributed by atoms with Crippen LogP contribution in [0.1, 0.15) is 18.5 Å². The molecule has 2 aromatic rings. The van der Waals surface area contributed by atoms with Gasteiger partial charge in [0.15, 0.2) is 0 Å². The molecular formula is C14H18N4O. The Bertz CT molecular complexity index is 559. The van der Waals surface area contributed by atoms with Gasteiger partial charge in [0, 0.05) is 31.5 Å². The number of aromatic nitrogens is 2. The molecule has 5 nitrogen and oxygen atoms in total. The highest BCUT2D eigenvalue weighted by molar-refractivity contribution is 5.78. The molecule has 0 bridgehead atoms. The van der Waals surface area contributed by atoms with Gasteiger partial charge in [-0.2, -0.15) is 0 Å². The first-order valence-corrected chi connectivity index (χ1v) is 6.68. The fraction of sp³-hybridized carbons (Fsp3) is 0.429. The largest absolute Gasteiger partial charge is 0.341 e. The highest BCUT2D eigenvalue weighted by Gasteiger charge is 2.21. The lowest BCUT2D eigenvalue weighted by Crippen LogP contribution is -2.46. The first-order chi connectivity index (χ1) is 9.22. The molecule has 0 aliphatic carbocycles. The number of carbonyl (C=O) groups is 1. The molecule has 0 spiro atoms. The van der Waals surface area contributed by atoms with Crippen molar-refractivity contribution in [3.05, 3.63) is 36.3 Å². The number of imidazole rings is 1. The number of piperidine rings is 1. The lowest BCUT2D eigenvalue weighted by molar-refractivity contribution is -0.131. The van der Waals surface area contributed by atoms with Gasteiger partial charge < -0.3 is 15.0 Å². The molecular weight excluding hydrogens is 240 g/mol. The second kappa shape index (κ2) is 5.01. The molecule has 1 aliphatic heterocycles. The van der Waals surface area contributed by atoms with Crippen molar-refractivity contribution >= 4 is 11.6 Å². The SMILES string of the molecule is NC1CCCN(C(=O)Cc2cn3ccccc3n2)C1. The molecule has 3 heterocycles. The first kappa shape index (κ1) is 12.2. The summed E-state index contributed by atoms with van der Waals surface area (Å²) in [5.74, 6) is 0.124. The molecule has 0 aromatic carbocycles. The summed E-state index contributed by atoms with van der Waals surface area (Å²) in [6.07, 6.45) is 6.22. The smallest absolute Gasteiger partial charge is 0.228 e. The molecule has 2 N–H and O–H groups in total. The lowest BCUT2D eigenvalue weighted by Gasteiger charge is -2.30. The predicted octanol–water partition coefficient (Wildman–Crippen LogP) is 0.826. The van der Waals surface area contributed by atoms with Crippen LogP contribution in [0.5, 0.6) is 0 Å². The van der Waals surface area contributed by atoms with E-state index in [1.807, 2.05) is 39.9 Å². The third-order valence-electron chi connectivity index (χ3n) is 3.56. The van der Waals surface area contributed by atoms with Gasteiger partial charge in [-0.3, -0.25) is 4.79 Å². The predicted molar refractivity (Wildman–Crippen MR) is 72.7 cm³/mol. The van der Waals surface area contributed by atoms with Crippen LogP contribution in [0.25, 0.3) is 5.65 Å². The second-order valence-corrected chi connectivity index (χ2v) is 5.12. The van der Waals surface area contributed by atoms with E-state index < -0.39 is 0 Å². The standard InChI is InChI=1S/C14H18N4O/c15-11-4-3-7-18(9-11)14(19)8-12-10-17-6-2-1-5-13(17)16-12/h1-2,5-6,10-11H,3-4,7-9,15H2. The van der Waals surface area contributed by atoms with Crippen molar-refractivity contribution in [1.82, 2.24) is 14.3 Å². The van der Waals surface area contributed by atoms with Crippen LogP contribution in [0.15, 0.2) is 30.6 Å². The van der Waals surface area contributed by atoms with Crippen LogP contribution in [0.3, 0.4) is 0 Å². The summed E-state index contributed by atoms with van der Waals surface area (Å²) in [5.41, 5.74) is 7.59. The summed E-state index contributed by atoms with van der Waals surface area (Å²) in [4.78, 5) is 18.5. The van der Waals surface area contributed by atoms with E-state index in [0.717, 1.165) is 30.7 Å². The van der Waals surface area contributed by atoms with Crippen molar-refractivity contribution < 1.29 is 4.79 Å². The number of rotatable bonds is 2. The highest BCUT2D eigenvalue weighted by atomic mass is 16.2. The van der Waals surface area contributed by atoms with Gasteiger partial charge in [-0.1, -0.05) is 6.07 Å². The van der Waals surface area contributed by atoms with Crippen molar-refractivity contribution in [2.24, 2.45) is 5.73 Å². The third-order valence-corrected chi connectivity index (χ3v) is 3.56. The number of nitrogens with two attached hydrogens (primary N) is 1. The van der Waals surface area contributed by atoms with Crippen molar-refractivity contribution in [3.8, 4) is 0 Å². The minimum absolute atomic E-state index is 0.124. The van der Waals surface area contributed by atoms with Gasteiger partial charge in [-0.25, -0.2) is 4.98 Å². The van der Waals surface area contributed by atoms with Crippen LogP contribution < -0.4 is 5.73 Å². The molecule has 100 valence electrons. The van der Waals surface area contributed by atoms with Crippen LogP contribution in [-0.4, -0.2) is 39.3 Å². The molecule has 1 fully saturated rings. The van der Waals surface area contributed by atoms with E-state index in [0.29, 0.717) is 13.0 Å². The molecule has 1 unspecified atom stereocenters. The summed E-state index contributed by atoms with van der Waals surface area (Å²) in [6, 6.07) is 5.95. The van der Waals surface area contributed by atoms with E-state index in [1.54, 1.807) is 0 Å². The van der Waals surface area contributed by atoms with Crippen LogP contribution >= 0.6 is 0 Å². The van der Waals surface area contributed by atoms with Crippen molar-refractivity contribution in [2.45, 2.75) is 25.3 Å². The van der Waals surface area contributed by atoms with E-state index in [2.05, 4.69) is 4.98 Å². The average Bonchev–Trinajstić information content (AvgIpc) is 2.80. The fourth-order valence-corrected chi connectivity index (χ4v) is 2.58. The number of hydrogen-bond donors (Lipinski definition) is 1. The normalized spacial score (nSPS) is 19.8. The van der Waals surface area contributed by atoms with Crippen LogP contribution in [0, 0.1) is 0 Å². The number of pyridine rings is 1. The Kier molecular flexibility index (Phi) is 3.21. The maximum absolute atomic E-state index is 12.2. The van der Waals surface area contributed by atoms with Gasteiger partial charge in [-0.15, -0.1) is 0 Å². The Balaban J connectivity index is 1.71. The summed E-state index contributed by atoms with van der Waals surface area (Å²) >= 11 is 0. The summed E-state index contributed by atoms with van der Waals surface area (Å²) in [5, 5.41) is 0. The lowest BCUT2D eigenvalue weighted by atomic mass is 10.1. The molecule has 1 atom stereocenters. The molecule has 0 saturated carbocycles. The van der Waals surface area contributed by atoms with E-state index in [-0.39, 0.29) is 11.9 Å². The molecule has 3 rings (SSSR count). The van der Waals surface area contributed by atoms with Crippen LogP contribution in [0.4, 0.5) is 0 Å². The minimum atomic E-state index is 0.124. The monoisotopic (exact) mass is 258 g/mol. The van der Waals surface area contributed by atoms with Gasteiger partial charge in [-0.05, 0) is 25.0 Å². The van der Waals surface area contributed by atoms with Crippen molar-refractivity contribution in [1.29, 1.82) is 0 Å². The Morgan fingerprint density at radius 1 is 1.47 bits per heavy atom. The van der Waals surface area contributed by atoms with E-state index >= 15 is 0 Å². The Morgan fingerprint density at radius 2 is 2.37 bits per heavy atom. The van der Waals surface area contributed by atoms with Crippen molar-refractivity contribution in [2.75, 3.05) is 13.1 Å². The van der Waals surface area contributed by atoms with Gasteiger partial charge >= 0.3 is 0 Å². The van der Waals surface area contributed by atoms with Gasteiger partial charge in [0.05, 0.1) is 12.1 Å². The molecule has 1 saturated heterocycles. The van der Waals surface area contributed by atoms with Crippen LogP contribution in [-0.2, 0) is 11.2 Å². The number of nitrogens with zero attached hydrogens (tertiary/aromatic N) is 3. The maximum atomic E-state index is 12.2. The Morgan fingerprint density at radius 3 is 3.16 bits per heavy atom. The van der Waals surface area contributed by atoms with Gasteiger partial charge in [0.1, 0.15) is 5.65 Å². The summed E-state index contributed by atoms with van der Waals surface area (Å²) in [6.45, 7) is 1.49. The topological polar surface area (TPSA) is 63.6 Å². The van der Waals surface area contributed by atoms with Gasteiger partial charge in [0.2, 0.25) is 5.91 Å². The second-order valence-electron chi connectivity index (χ2n) is 5.12. The quantitative estimate of drug-likeness (QED) is 0.867. The third kappa shape index (κ3) is 2.61. The van der Waals surface area contributed by atoms with E-state index in [4.69, 9.17) is 5.73 Å². The van der Waals surface area contributed by atoms with E-state index in [1.165, 1.54) is 0 Å². The average molecular weight is 258 g/mol. The molecule has 0 radical (unpaired) electrons. The fourth-order valence-electron chi connectivity index (χ4n) is 2.58. The van der Waals surface area contributed by atoms with E-state index in [9.17, 15) is 4.79 Å². The Hall–Kier alpha value is -1.88. The first-order valence-electron chi connectivity index (χ1n) is 6.68. The minimum Gasteiger partial charge on any atom is -0.341 e.